The number of hydrogen-bond acceptors (Lipinski definition) is 4. The predicted molar refractivity (Wildman–Crippen MR) is 105 cm³/mol. The summed E-state index contributed by atoms with van der Waals surface area (Å²) in [5.41, 5.74) is 1.78. The highest BCUT2D eigenvalue weighted by Gasteiger charge is 2.30. The Morgan fingerprint density at radius 1 is 1.19 bits per heavy atom. The van der Waals surface area contributed by atoms with Crippen LogP contribution in [0.1, 0.15) is 31.4 Å². The maximum Gasteiger partial charge on any atom is 0.317 e. The summed E-state index contributed by atoms with van der Waals surface area (Å²) in [6.07, 6.45) is 0.943. The number of amides is 2. The number of nitrogens with zero attached hydrogens (tertiary/aromatic N) is 2. The Bertz CT molecular complexity index is 741. The second-order valence-corrected chi connectivity index (χ2v) is 9.07. The van der Waals surface area contributed by atoms with Gasteiger partial charge in [0.15, 0.2) is 0 Å². The van der Waals surface area contributed by atoms with E-state index < -0.39 is 10.0 Å². The first-order valence-electron chi connectivity index (χ1n) is 9.43. The van der Waals surface area contributed by atoms with Gasteiger partial charge in [0.2, 0.25) is 10.0 Å². The number of benzene rings is 1. The first-order chi connectivity index (χ1) is 12.7. The Kier molecular flexibility index (Phi) is 7.64. The minimum absolute atomic E-state index is 0.150. The highest BCUT2D eigenvalue weighted by molar-refractivity contribution is 7.89. The van der Waals surface area contributed by atoms with Crippen LogP contribution in [0.3, 0.4) is 0 Å². The Morgan fingerprint density at radius 3 is 2.44 bits per heavy atom. The van der Waals surface area contributed by atoms with E-state index in [2.05, 4.69) is 5.32 Å². The molecule has 0 spiro atoms. The summed E-state index contributed by atoms with van der Waals surface area (Å²) in [4.78, 5) is 14.2. The monoisotopic (exact) mass is 397 g/mol. The van der Waals surface area contributed by atoms with E-state index in [4.69, 9.17) is 4.74 Å². The fourth-order valence-corrected chi connectivity index (χ4v) is 4.69. The van der Waals surface area contributed by atoms with Crippen molar-refractivity contribution in [2.24, 2.45) is 0 Å². The van der Waals surface area contributed by atoms with E-state index in [1.54, 1.807) is 11.0 Å². The Balaban J connectivity index is 1.84. The van der Waals surface area contributed by atoms with E-state index in [0.29, 0.717) is 44.2 Å². The normalized spacial score (nSPS) is 16.0. The third-order valence-corrected chi connectivity index (χ3v) is 6.58. The SMILES string of the molecule is Cc1ccc(S(=O)(=O)N2CCN(C(=O)NCCCOC(C)C)CC2)c(C)c1. The van der Waals surface area contributed by atoms with Gasteiger partial charge in [0, 0.05) is 39.3 Å². The van der Waals surface area contributed by atoms with Crippen molar-refractivity contribution in [1.82, 2.24) is 14.5 Å². The highest BCUT2D eigenvalue weighted by Crippen LogP contribution is 2.22. The fraction of sp³-hybridized carbons (Fsp3) is 0.632. The molecule has 1 aliphatic rings. The number of carbonyl (C=O) groups is 1. The average Bonchev–Trinajstić information content (AvgIpc) is 2.60. The summed E-state index contributed by atoms with van der Waals surface area (Å²) in [7, 11) is -3.53. The molecular weight excluding hydrogens is 366 g/mol. The van der Waals surface area contributed by atoms with Crippen LogP contribution in [0.2, 0.25) is 0 Å². The van der Waals surface area contributed by atoms with Crippen molar-refractivity contribution in [2.75, 3.05) is 39.3 Å². The van der Waals surface area contributed by atoms with Crippen LogP contribution in [-0.4, -0.2) is 69.1 Å². The van der Waals surface area contributed by atoms with Gasteiger partial charge in [-0.15, -0.1) is 0 Å². The minimum Gasteiger partial charge on any atom is -0.379 e. The standard InChI is InChI=1S/C19H31N3O4S/c1-15(2)26-13-5-8-20-19(23)21-9-11-22(12-10-21)27(24,25)18-7-6-16(3)14-17(18)4/h6-7,14-15H,5,8-13H2,1-4H3,(H,20,23). The molecule has 0 bridgehead atoms. The van der Waals surface area contributed by atoms with Gasteiger partial charge in [-0.05, 0) is 45.7 Å². The average molecular weight is 398 g/mol. The van der Waals surface area contributed by atoms with E-state index in [0.717, 1.165) is 17.5 Å². The summed E-state index contributed by atoms with van der Waals surface area (Å²) < 4.78 is 32.7. The number of piperazine rings is 1. The molecule has 0 aromatic heterocycles. The Morgan fingerprint density at radius 2 is 1.85 bits per heavy atom. The summed E-state index contributed by atoms with van der Waals surface area (Å²) in [6, 6.07) is 5.20. The molecule has 1 saturated heterocycles. The zero-order chi connectivity index (χ0) is 20.0. The molecule has 1 aromatic rings. The Labute approximate surface area is 162 Å². The van der Waals surface area contributed by atoms with Crippen LogP contribution < -0.4 is 5.32 Å². The number of ether oxygens (including phenoxy) is 1. The predicted octanol–water partition coefficient (Wildman–Crippen LogP) is 2.13. The van der Waals surface area contributed by atoms with Gasteiger partial charge in [0.25, 0.3) is 0 Å². The quantitative estimate of drug-likeness (QED) is 0.715. The number of aryl methyl sites for hydroxylation is 2. The van der Waals surface area contributed by atoms with E-state index in [1.165, 1.54) is 4.31 Å². The van der Waals surface area contributed by atoms with E-state index in [9.17, 15) is 13.2 Å². The van der Waals surface area contributed by atoms with Crippen molar-refractivity contribution in [2.45, 2.75) is 45.1 Å². The summed E-state index contributed by atoms with van der Waals surface area (Å²) in [5.74, 6) is 0. The zero-order valence-electron chi connectivity index (χ0n) is 16.7. The van der Waals surface area contributed by atoms with Crippen molar-refractivity contribution in [3.8, 4) is 0 Å². The van der Waals surface area contributed by atoms with Gasteiger partial charge in [-0.1, -0.05) is 17.7 Å². The van der Waals surface area contributed by atoms with Gasteiger partial charge < -0.3 is 15.0 Å². The lowest BCUT2D eigenvalue weighted by Crippen LogP contribution is -2.53. The lowest BCUT2D eigenvalue weighted by Gasteiger charge is -2.34. The molecule has 152 valence electrons. The molecule has 0 unspecified atom stereocenters. The van der Waals surface area contributed by atoms with Gasteiger partial charge in [0.1, 0.15) is 0 Å². The number of hydrogen-bond donors (Lipinski definition) is 1. The maximum atomic E-state index is 12.9. The van der Waals surface area contributed by atoms with Gasteiger partial charge in [-0.25, -0.2) is 13.2 Å². The molecule has 1 N–H and O–H groups in total. The lowest BCUT2D eigenvalue weighted by molar-refractivity contribution is 0.0770. The van der Waals surface area contributed by atoms with Crippen molar-refractivity contribution in [3.63, 3.8) is 0 Å². The third-order valence-electron chi connectivity index (χ3n) is 4.52. The van der Waals surface area contributed by atoms with Gasteiger partial charge in [-0.3, -0.25) is 0 Å². The lowest BCUT2D eigenvalue weighted by atomic mass is 10.2. The first-order valence-corrected chi connectivity index (χ1v) is 10.9. The molecule has 7 nitrogen and oxygen atoms in total. The van der Waals surface area contributed by atoms with Crippen molar-refractivity contribution < 1.29 is 17.9 Å². The van der Waals surface area contributed by atoms with Gasteiger partial charge in [0.05, 0.1) is 11.0 Å². The van der Waals surface area contributed by atoms with Crippen molar-refractivity contribution in [3.05, 3.63) is 29.3 Å². The number of urea groups is 1. The van der Waals surface area contributed by atoms with Crippen LogP contribution in [0.15, 0.2) is 23.1 Å². The molecule has 1 aliphatic heterocycles. The molecule has 1 heterocycles. The molecular formula is C19H31N3O4S. The Hall–Kier alpha value is -1.64. The van der Waals surface area contributed by atoms with Gasteiger partial charge >= 0.3 is 6.03 Å². The molecule has 1 aromatic carbocycles. The molecule has 0 atom stereocenters. The molecule has 1 fully saturated rings. The van der Waals surface area contributed by atoms with Crippen LogP contribution >= 0.6 is 0 Å². The molecule has 2 rings (SSSR count). The summed E-state index contributed by atoms with van der Waals surface area (Å²) in [5, 5.41) is 2.87. The third kappa shape index (κ3) is 5.92. The van der Waals surface area contributed by atoms with Crippen LogP contribution in [0.5, 0.6) is 0 Å². The van der Waals surface area contributed by atoms with Crippen molar-refractivity contribution >= 4 is 16.1 Å². The van der Waals surface area contributed by atoms with Crippen LogP contribution in [-0.2, 0) is 14.8 Å². The molecule has 0 saturated carbocycles. The number of sulfonamides is 1. The summed E-state index contributed by atoms with van der Waals surface area (Å²) in [6.45, 7) is 10.2. The summed E-state index contributed by atoms with van der Waals surface area (Å²) >= 11 is 0. The van der Waals surface area contributed by atoms with Crippen LogP contribution in [0.25, 0.3) is 0 Å². The van der Waals surface area contributed by atoms with Crippen LogP contribution in [0.4, 0.5) is 4.79 Å². The molecule has 27 heavy (non-hydrogen) atoms. The van der Waals surface area contributed by atoms with E-state index >= 15 is 0 Å². The zero-order valence-corrected chi connectivity index (χ0v) is 17.5. The molecule has 0 radical (unpaired) electrons. The second-order valence-electron chi connectivity index (χ2n) is 7.17. The number of carbonyl (C=O) groups excluding carboxylic acids is 1. The molecule has 2 amide bonds. The van der Waals surface area contributed by atoms with Crippen LogP contribution in [0, 0.1) is 13.8 Å². The first kappa shape index (κ1) is 21.7. The van der Waals surface area contributed by atoms with E-state index in [-0.39, 0.29) is 12.1 Å². The van der Waals surface area contributed by atoms with Gasteiger partial charge in [-0.2, -0.15) is 4.31 Å². The molecule has 8 heteroatoms. The topological polar surface area (TPSA) is 79.0 Å². The highest BCUT2D eigenvalue weighted by atomic mass is 32.2. The fourth-order valence-electron chi connectivity index (χ4n) is 3.06. The van der Waals surface area contributed by atoms with E-state index in [1.807, 2.05) is 39.8 Å². The largest absolute Gasteiger partial charge is 0.379 e. The maximum absolute atomic E-state index is 12.9. The number of nitrogens with one attached hydrogen (secondary N) is 1. The van der Waals surface area contributed by atoms with Crippen molar-refractivity contribution in [1.29, 1.82) is 0 Å². The smallest absolute Gasteiger partial charge is 0.317 e. The minimum atomic E-state index is -3.53. The number of rotatable bonds is 7. The second kappa shape index (κ2) is 9.52. The molecule has 0 aliphatic carbocycles.